The zero-order chi connectivity index (χ0) is 19.3. The van der Waals surface area contributed by atoms with Crippen LogP contribution >= 0.6 is 0 Å². The minimum absolute atomic E-state index is 0.0594. The lowest BCUT2D eigenvalue weighted by Gasteiger charge is -2.11. The molecule has 8 nitrogen and oxygen atoms in total. The van der Waals surface area contributed by atoms with E-state index < -0.39 is 11.6 Å². The molecule has 2 heterocycles. The van der Waals surface area contributed by atoms with Crippen molar-refractivity contribution in [2.75, 3.05) is 13.7 Å². The molecule has 0 radical (unpaired) electrons. The molecule has 1 amide bonds. The van der Waals surface area contributed by atoms with Crippen LogP contribution in [0.3, 0.4) is 0 Å². The number of terminal acetylenes is 1. The Bertz CT molecular complexity index is 905. The summed E-state index contributed by atoms with van der Waals surface area (Å²) in [6, 6.07) is 10.5. The summed E-state index contributed by atoms with van der Waals surface area (Å²) in [7, 11) is 1.27. The van der Waals surface area contributed by atoms with Gasteiger partial charge >= 0.3 is 5.97 Å². The molecule has 0 unspecified atom stereocenters. The van der Waals surface area contributed by atoms with Gasteiger partial charge in [0, 0.05) is 31.9 Å². The van der Waals surface area contributed by atoms with Crippen LogP contribution in [0.5, 0.6) is 0 Å². The fourth-order valence-electron chi connectivity index (χ4n) is 2.65. The molecule has 1 aliphatic rings. The Morgan fingerprint density at radius 3 is 2.63 bits per heavy atom. The quantitative estimate of drug-likeness (QED) is 0.573. The monoisotopic (exact) mass is 365 g/mol. The van der Waals surface area contributed by atoms with Crippen LogP contribution in [-0.4, -0.2) is 41.0 Å². The van der Waals surface area contributed by atoms with Crippen LogP contribution in [0.4, 0.5) is 0 Å². The van der Waals surface area contributed by atoms with Gasteiger partial charge in [-0.05, 0) is 12.1 Å². The van der Waals surface area contributed by atoms with Crippen LogP contribution in [0.25, 0.3) is 5.69 Å². The number of methoxy groups -OCH3 is 1. The molecule has 0 saturated carbocycles. The van der Waals surface area contributed by atoms with E-state index in [0.29, 0.717) is 31.5 Å². The van der Waals surface area contributed by atoms with E-state index in [4.69, 9.17) is 11.2 Å². The first-order chi connectivity index (χ1) is 13.1. The average Bonchev–Trinajstić information content (AvgIpc) is 3.32. The van der Waals surface area contributed by atoms with Gasteiger partial charge in [0.25, 0.3) is 5.91 Å². The largest absolute Gasteiger partial charge is 0.464 e. The second-order valence-electron chi connectivity index (χ2n) is 6.05. The number of aromatic nitrogens is 2. The van der Waals surface area contributed by atoms with E-state index in [2.05, 4.69) is 26.6 Å². The Kier molecular flexibility index (Phi) is 5.31. The molecule has 8 heteroatoms. The number of amides is 1. The molecule has 0 atom stereocenters. The fraction of sp³-hybridized carbons (Fsp3) is 0.316. The van der Waals surface area contributed by atoms with Crippen molar-refractivity contribution in [3.63, 3.8) is 0 Å². The molecule has 1 aromatic carbocycles. The summed E-state index contributed by atoms with van der Waals surface area (Å²) in [6.45, 7) is 0.379. The van der Waals surface area contributed by atoms with Gasteiger partial charge in [0.2, 0.25) is 0 Å². The van der Waals surface area contributed by atoms with Crippen molar-refractivity contribution in [1.29, 1.82) is 0 Å². The molecule has 0 spiro atoms. The predicted octanol–water partition coefficient (Wildman–Crippen LogP) is 2.35. The van der Waals surface area contributed by atoms with Crippen LogP contribution in [0.2, 0.25) is 0 Å². The van der Waals surface area contributed by atoms with Gasteiger partial charge in [0.1, 0.15) is 5.69 Å². The third-order valence-corrected chi connectivity index (χ3v) is 4.20. The van der Waals surface area contributed by atoms with Gasteiger partial charge in [-0.1, -0.05) is 18.2 Å². The van der Waals surface area contributed by atoms with Gasteiger partial charge < -0.3 is 10.1 Å². The van der Waals surface area contributed by atoms with Gasteiger partial charge in [-0.15, -0.1) is 12.3 Å². The molecule has 1 N–H and O–H groups in total. The molecule has 27 heavy (non-hydrogen) atoms. The van der Waals surface area contributed by atoms with Gasteiger partial charge in [-0.2, -0.15) is 15.3 Å². The summed E-state index contributed by atoms with van der Waals surface area (Å²) in [6.07, 6.45) is 7.11. The second kappa shape index (κ2) is 7.83. The van der Waals surface area contributed by atoms with Crippen molar-refractivity contribution in [2.45, 2.75) is 24.9 Å². The van der Waals surface area contributed by atoms with E-state index >= 15 is 0 Å². The summed E-state index contributed by atoms with van der Waals surface area (Å²) < 4.78 is 6.12. The highest BCUT2D eigenvalue weighted by atomic mass is 16.5. The fourth-order valence-corrected chi connectivity index (χ4v) is 2.65. The Morgan fingerprint density at radius 2 is 2.00 bits per heavy atom. The molecule has 3 rings (SSSR count). The molecule has 0 bridgehead atoms. The van der Waals surface area contributed by atoms with E-state index in [1.807, 2.05) is 18.2 Å². The summed E-state index contributed by atoms with van der Waals surface area (Å²) >= 11 is 0. The van der Waals surface area contributed by atoms with Gasteiger partial charge in [-0.25, -0.2) is 9.48 Å². The van der Waals surface area contributed by atoms with Crippen LogP contribution in [-0.2, 0) is 4.74 Å². The number of carbonyl (C=O) groups is 2. The summed E-state index contributed by atoms with van der Waals surface area (Å²) in [5, 5.41) is 15.1. The predicted molar refractivity (Wildman–Crippen MR) is 97.5 cm³/mol. The Labute approximate surface area is 156 Å². The van der Waals surface area contributed by atoms with Crippen molar-refractivity contribution < 1.29 is 14.3 Å². The van der Waals surface area contributed by atoms with Crippen molar-refractivity contribution in [2.24, 2.45) is 10.2 Å². The number of benzene rings is 1. The van der Waals surface area contributed by atoms with Crippen LogP contribution in [0, 0.1) is 12.3 Å². The van der Waals surface area contributed by atoms with E-state index in [9.17, 15) is 9.59 Å². The number of para-hydroxylation sites is 1. The minimum atomic E-state index is -0.609. The molecule has 1 aliphatic heterocycles. The van der Waals surface area contributed by atoms with Gasteiger partial charge in [-0.3, -0.25) is 4.79 Å². The first kappa shape index (κ1) is 18.3. The number of carbonyl (C=O) groups excluding carboxylic acids is 2. The van der Waals surface area contributed by atoms with E-state index in [-0.39, 0.29) is 17.3 Å². The maximum absolute atomic E-state index is 12.7. The number of esters is 1. The number of nitrogens with zero attached hydrogens (tertiary/aromatic N) is 4. The number of rotatable bonds is 8. The van der Waals surface area contributed by atoms with Crippen LogP contribution in [0.1, 0.15) is 40.2 Å². The van der Waals surface area contributed by atoms with Gasteiger partial charge in [0.15, 0.2) is 11.4 Å². The molecule has 138 valence electrons. The summed E-state index contributed by atoms with van der Waals surface area (Å²) in [5.74, 6) is 1.61. The lowest BCUT2D eigenvalue weighted by molar-refractivity contribution is 0.0593. The van der Waals surface area contributed by atoms with Crippen LogP contribution in [0.15, 0.2) is 46.6 Å². The SMILES string of the molecule is C#CCCC1(CCNC(=O)c2cc(C(=O)OC)nn2-c2ccccc2)N=N1. The Morgan fingerprint density at radius 1 is 1.26 bits per heavy atom. The maximum Gasteiger partial charge on any atom is 0.358 e. The van der Waals surface area contributed by atoms with Crippen molar-refractivity contribution >= 4 is 11.9 Å². The smallest absolute Gasteiger partial charge is 0.358 e. The maximum atomic E-state index is 12.7. The summed E-state index contributed by atoms with van der Waals surface area (Å²) in [4.78, 5) is 24.5. The van der Waals surface area contributed by atoms with Crippen molar-refractivity contribution in [1.82, 2.24) is 15.1 Å². The molecule has 0 fully saturated rings. The lowest BCUT2D eigenvalue weighted by Crippen LogP contribution is -2.29. The molecule has 2 aromatic rings. The molecular formula is C19H19N5O3. The average molecular weight is 365 g/mol. The number of nitrogens with one attached hydrogen (secondary N) is 1. The standard InChI is InChI=1S/C19H19N5O3/c1-3-4-10-19(22-23-19)11-12-20-17(25)16-13-15(18(26)27-2)21-24(16)14-8-6-5-7-9-14/h1,5-9,13H,4,10-12H2,2H3,(H,20,25). The minimum Gasteiger partial charge on any atom is -0.464 e. The third kappa shape index (κ3) is 4.20. The number of hydrogen-bond acceptors (Lipinski definition) is 6. The molecule has 0 aliphatic carbocycles. The highest BCUT2D eigenvalue weighted by molar-refractivity contribution is 5.96. The molecular weight excluding hydrogens is 346 g/mol. The lowest BCUT2D eigenvalue weighted by atomic mass is 10.0. The first-order valence-corrected chi connectivity index (χ1v) is 8.48. The van der Waals surface area contributed by atoms with Crippen molar-refractivity contribution in [3.05, 3.63) is 47.8 Å². The highest BCUT2D eigenvalue weighted by Gasteiger charge is 2.38. The van der Waals surface area contributed by atoms with Crippen LogP contribution < -0.4 is 5.32 Å². The number of hydrogen-bond donors (Lipinski definition) is 1. The Balaban J connectivity index is 1.72. The normalized spacial score (nSPS) is 13.6. The zero-order valence-corrected chi connectivity index (χ0v) is 14.9. The molecule has 1 aromatic heterocycles. The van der Waals surface area contributed by atoms with E-state index in [0.717, 1.165) is 0 Å². The Hall–Kier alpha value is -3.47. The topological polar surface area (TPSA) is 97.9 Å². The van der Waals surface area contributed by atoms with Crippen molar-refractivity contribution in [3.8, 4) is 18.0 Å². The van der Waals surface area contributed by atoms with E-state index in [1.165, 1.54) is 17.9 Å². The third-order valence-electron chi connectivity index (χ3n) is 4.20. The molecule has 0 saturated heterocycles. The van der Waals surface area contributed by atoms with Gasteiger partial charge in [0.05, 0.1) is 12.8 Å². The summed E-state index contributed by atoms with van der Waals surface area (Å²) in [5.41, 5.74) is 0.500. The first-order valence-electron chi connectivity index (χ1n) is 8.48. The zero-order valence-electron chi connectivity index (χ0n) is 14.9. The van der Waals surface area contributed by atoms with E-state index in [1.54, 1.807) is 12.1 Å². The number of ether oxygens (including phenoxy) is 1. The highest BCUT2D eigenvalue weighted by Crippen LogP contribution is 2.36. The second-order valence-corrected chi connectivity index (χ2v) is 6.05.